The Balaban J connectivity index is 1.87. The zero-order chi connectivity index (χ0) is 14.3. The van der Waals surface area contributed by atoms with E-state index in [2.05, 4.69) is 0 Å². The Bertz CT molecular complexity index is 702. The van der Waals surface area contributed by atoms with Gasteiger partial charge in [-0.25, -0.2) is 4.39 Å². The summed E-state index contributed by atoms with van der Waals surface area (Å²) in [6, 6.07) is 9.92. The lowest BCUT2D eigenvalue weighted by Gasteiger charge is -2.16. The molecule has 5 heteroatoms. The monoisotopic (exact) mass is 382 g/mol. The van der Waals surface area contributed by atoms with Crippen molar-refractivity contribution in [1.29, 1.82) is 0 Å². The molecule has 2 aromatic carbocycles. The fraction of sp³-hybridized carbons (Fsp3) is 0.133. The Hall–Kier alpha value is -1.63. The predicted octanol–water partition coefficient (Wildman–Crippen LogP) is 3.17. The van der Waals surface area contributed by atoms with Gasteiger partial charge in [-0.05, 0) is 64.0 Å². The molecule has 0 aromatic heterocycles. The lowest BCUT2D eigenvalue weighted by molar-refractivity contribution is 0.0750. The summed E-state index contributed by atoms with van der Waals surface area (Å²) in [6.07, 6.45) is 0. The van der Waals surface area contributed by atoms with Gasteiger partial charge in [-0.3, -0.25) is 4.79 Å². The number of rotatable bonds is 1. The number of carbonyl (C=O) groups excluding carboxylic acids is 1. The molecule has 0 bridgehead atoms. The Morgan fingerprint density at radius 3 is 2.65 bits per heavy atom. The summed E-state index contributed by atoms with van der Waals surface area (Å²) in [5, 5.41) is 0. The number of nitrogens with two attached hydrogens (primary N) is 1. The highest BCUT2D eigenvalue weighted by Gasteiger charge is 2.25. The van der Waals surface area contributed by atoms with Crippen LogP contribution >= 0.6 is 22.6 Å². The van der Waals surface area contributed by atoms with Crippen LogP contribution in [0.15, 0.2) is 36.4 Å². The molecule has 0 fully saturated rings. The van der Waals surface area contributed by atoms with Crippen LogP contribution in [-0.4, -0.2) is 10.8 Å². The smallest absolute Gasteiger partial charge is 0.255 e. The van der Waals surface area contributed by atoms with Crippen molar-refractivity contribution in [2.75, 3.05) is 5.73 Å². The molecule has 1 aliphatic rings. The SMILES string of the molecule is Nc1ccc2c(c1)CN(C(=O)c1ccc(F)cc1I)C2. The largest absolute Gasteiger partial charge is 0.399 e. The van der Waals surface area contributed by atoms with Crippen molar-refractivity contribution in [3.63, 3.8) is 0 Å². The first-order valence-corrected chi connectivity index (χ1v) is 7.24. The zero-order valence-electron chi connectivity index (χ0n) is 10.6. The van der Waals surface area contributed by atoms with Crippen molar-refractivity contribution in [2.24, 2.45) is 0 Å². The van der Waals surface area contributed by atoms with Crippen LogP contribution in [0.4, 0.5) is 10.1 Å². The topological polar surface area (TPSA) is 46.3 Å². The van der Waals surface area contributed by atoms with E-state index in [1.165, 1.54) is 18.2 Å². The minimum atomic E-state index is -0.330. The van der Waals surface area contributed by atoms with Crippen molar-refractivity contribution in [1.82, 2.24) is 4.90 Å². The summed E-state index contributed by atoms with van der Waals surface area (Å²) in [4.78, 5) is 14.2. The second-order valence-corrected chi connectivity index (χ2v) is 5.98. The molecular weight excluding hydrogens is 370 g/mol. The molecule has 0 saturated carbocycles. The van der Waals surface area contributed by atoms with E-state index >= 15 is 0 Å². The van der Waals surface area contributed by atoms with Crippen LogP contribution < -0.4 is 5.73 Å². The van der Waals surface area contributed by atoms with E-state index in [1.807, 2.05) is 40.8 Å². The minimum Gasteiger partial charge on any atom is -0.399 e. The first kappa shape index (κ1) is 13.4. The third-order valence-electron chi connectivity index (χ3n) is 3.40. The second kappa shape index (κ2) is 5.05. The normalized spacial score (nSPS) is 13.4. The van der Waals surface area contributed by atoms with Crippen molar-refractivity contribution < 1.29 is 9.18 Å². The van der Waals surface area contributed by atoms with E-state index in [1.54, 1.807) is 4.90 Å². The summed E-state index contributed by atoms with van der Waals surface area (Å²) >= 11 is 1.99. The highest BCUT2D eigenvalue weighted by molar-refractivity contribution is 14.1. The molecular formula is C15H12FIN2O. The molecule has 0 atom stereocenters. The molecule has 1 heterocycles. The van der Waals surface area contributed by atoms with Gasteiger partial charge in [0.1, 0.15) is 5.82 Å². The molecule has 1 amide bonds. The van der Waals surface area contributed by atoms with E-state index in [0.717, 1.165) is 11.1 Å². The van der Waals surface area contributed by atoms with Crippen molar-refractivity contribution in [3.8, 4) is 0 Å². The van der Waals surface area contributed by atoms with Crippen LogP contribution in [0.5, 0.6) is 0 Å². The van der Waals surface area contributed by atoms with E-state index in [-0.39, 0.29) is 11.7 Å². The molecule has 3 nitrogen and oxygen atoms in total. The fourth-order valence-corrected chi connectivity index (χ4v) is 3.10. The van der Waals surface area contributed by atoms with Gasteiger partial charge in [0.05, 0.1) is 5.56 Å². The van der Waals surface area contributed by atoms with Crippen LogP contribution in [0.3, 0.4) is 0 Å². The van der Waals surface area contributed by atoms with Crippen LogP contribution in [-0.2, 0) is 13.1 Å². The molecule has 102 valence electrons. The van der Waals surface area contributed by atoms with Gasteiger partial charge in [-0.15, -0.1) is 0 Å². The molecule has 0 radical (unpaired) electrons. The van der Waals surface area contributed by atoms with Gasteiger partial charge in [0.25, 0.3) is 5.91 Å². The van der Waals surface area contributed by atoms with Crippen molar-refractivity contribution in [2.45, 2.75) is 13.1 Å². The van der Waals surface area contributed by atoms with Gasteiger partial charge < -0.3 is 10.6 Å². The third kappa shape index (κ3) is 2.37. The van der Waals surface area contributed by atoms with Crippen molar-refractivity contribution in [3.05, 3.63) is 62.5 Å². The van der Waals surface area contributed by atoms with Crippen LogP contribution in [0.2, 0.25) is 0 Å². The third-order valence-corrected chi connectivity index (χ3v) is 4.29. The molecule has 0 aliphatic carbocycles. The molecule has 20 heavy (non-hydrogen) atoms. The van der Waals surface area contributed by atoms with Crippen LogP contribution in [0, 0.1) is 9.39 Å². The number of benzene rings is 2. The second-order valence-electron chi connectivity index (χ2n) is 4.81. The Morgan fingerprint density at radius 1 is 1.15 bits per heavy atom. The maximum atomic E-state index is 13.1. The average Bonchev–Trinajstić information content (AvgIpc) is 2.81. The molecule has 2 N–H and O–H groups in total. The maximum Gasteiger partial charge on any atom is 0.255 e. The summed E-state index contributed by atoms with van der Waals surface area (Å²) in [5.41, 5.74) is 9.19. The molecule has 3 rings (SSSR count). The first-order chi connectivity index (χ1) is 9.54. The lowest BCUT2D eigenvalue weighted by Crippen LogP contribution is -2.26. The van der Waals surface area contributed by atoms with Gasteiger partial charge in [-0.2, -0.15) is 0 Å². The molecule has 0 unspecified atom stereocenters. The number of halogens is 2. The van der Waals surface area contributed by atoms with E-state index < -0.39 is 0 Å². The van der Waals surface area contributed by atoms with Crippen LogP contribution in [0.25, 0.3) is 0 Å². The number of hydrogen-bond acceptors (Lipinski definition) is 2. The number of amides is 1. The summed E-state index contributed by atoms with van der Waals surface area (Å²) in [7, 11) is 0. The average molecular weight is 382 g/mol. The Kier molecular flexibility index (Phi) is 3.37. The number of anilines is 1. The minimum absolute atomic E-state index is 0.0795. The number of carbonyl (C=O) groups is 1. The predicted molar refractivity (Wildman–Crippen MR) is 83.5 cm³/mol. The number of hydrogen-bond donors (Lipinski definition) is 1. The maximum absolute atomic E-state index is 13.1. The summed E-state index contributed by atoms with van der Waals surface area (Å²) < 4.78 is 13.7. The van der Waals surface area contributed by atoms with E-state index in [0.29, 0.717) is 27.9 Å². The van der Waals surface area contributed by atoms with E-state index in [9.17, 15) is 9.18 Å². The Morgan fingerprint density at radius 2 is 1.90 bits per heavy atom. The standard InChI is InChI=1S/C15H12FIN2O/c16-11-2-4-13(14(17)6-11)15(20)19-7-9-1-3-12(18)5-10(9)8-19/h1-6H,7-8,18H2. The number of nitrogen functional groups attached to an aromatic ring is 1. The van der Waals surface area contributed by atoms with Crippen molar-refractivity contribution >= 4 is 34.2 Å². The van der Waals surface area contributed by atoms with E-state index in [4.69, 9.17) is 5.73 Å². The molecule has 2 aromatic rings. The summed E-state index contributed by atoms with van der Waals surface area (Å²) in [5.74, 6) is -0.410. The molecule has 0 spiro atoms. The highest BCUT2D eigenvalue weighted by Crippen LogP contribution is 2.27. The lowest BCUT2D eigenvalue weighted by atomic mass is 10.1. The highest BCUT2D eigenvalue weighted by atomic mass is 127. The van der Waals surface area contributed by atoms with Gasteiger partial charge in [0, 0.05) is 22.3 Å². The molecule has 1 aliphatic heterocycles. The van der Waals surface area contributed by atoms with Crippen LogP contribution in [0.1, 0.15) is 21.5 Å². The van der Waals surface area contributed by atoms with Gasteiger partial charge in [0.15, 0.2) is 0 Å². The quantitative estimate of drug-likeness (QED) is 0.609. The Labute approximate surface area is 129 Å². The number of nitrogens with zero attached hydrogens (tertiary/aromatic N) is 1. The first-order valence-electron chi connectivity index (χ1n) is 6.16. The zero-order valence-corrected chi connectivity index (χ0v) is 12.7. The number of fused-ring (bicyclic) bond motifs is 1. The fourth-order valence-electron chi connectivity index (χ4n) is 2.39. The van der Waals surface area contributed by atoms with Gasteiger partial charge in [-0.1, -0.05) is 6.07 Å². The van der Waals surface area contributed by atoms with Gasteiger partial charge in [0.2, 0.25) is 0 Å². The summed E-state index contributed by atoms with van der Waals surface area (Å²) in [6.45, 7) is 1.12. The molecule has 0 saturated heterocycles. The van der Waals surface area contributed by atoms with Gasteiger partial charge >= 0.3 is 0 Å².